The fourth-order valence-corrected chi connectivity index (χ4v) is 2.33. The number of amides is 1. The van der Waals surface area contributed by atoms with Crippen molar-refractivity contribution in [3.05, 3.63) is 48.8 Å². The number of rotatable bonds is 6. The van der Waals surface area contributed by atoms with Crippen molar-refractivity contribution in [3.63, 3.8) is 0 Å². The molecule has 0 aliphatic rings. The normalized spacial score (nSPS) is 10.4. The van der Waals surface area contributed by atoms with Gasteiger partial charge in [-0.3, -0.25) is 4.79 Å². The maximum Gasteiger partial charge on any atom is 0.224 e. The third-order valence-corrected chi connectivity index (χ3v) is 3.57. The first kappa shape index (κ1) is 13.7. The zero-order valence-electron chi connectivity index (χ0n) is 11.0. The Kier molecular flexibility index (Phi) is 5.10. The van der Waals surface area contributed by atoms with Crippen molar-refractivity contribution in [1.82, 2.24) is 4.57 Å². The zero-order chi connectivity index (χ0) is 13.5. The van der Waals surface area contributed by atoms with Crippen LogP contribution in [0.3, 0.4) is 0 Å². The van der Waals surface area contributed by atoms with E-state index in [1.165, 1.54) is 0 Å². The van der Waals surface area contributed by atoms with Crippen LogP contribution in [0, 0.1) is 0 Å². The quantitative estimate of drug-likeness (QED) is 0.816. The number of nitrogens with one attached hydrogen (secondary N) is 1. The Balaban J connectivity index is 1.77. The Hall–Kier alpha value is -1.68. The van der Waals surface area contributed by atoms with Gasteiger partial charge in [-0.05, 0) is 43.0 Å². The van der Waals surface area contributed by atoms with Gasteiger partial charge >= 0.3 is 0 Å². The number of aryl methyl sites for hydroxylation is 1. The summed E-state index contributed by atoms with van der Waals surface area (Å²) in [4.78, 5) is 13.0. The van der Waals surface area contributed by atoms with E-state index in [0.29, 0.717) is 6.42 Å². The van der Waals surface area contributed by atoms with E-state index < -0.39 is 0 Å². The van der Waals surface area contributed by atoms with Gasteiger partial charge in [-0.15, -0.1) is 11.8 Å². The number of aromatic nitrogens is 1. The lowest BCUT2D eigenvalue weighted by atomic mass is 10.2. The van der Waals surface area contributed by atoms with Crippen LogP contribution in [0.2, 0.25) is 0 Å². The number of benzene rings is 1. The molecule has 4 heteroatoms. The summed E-state index contributed by atoms with van der Waals surface area (Å²) in [5, 5.41) is 2.94. The summed E-state index contributed by atoms with van der Waals surface area (Å²) in [5.41, 5.74) is 0.873. The molecule has 1 N–H and O–H groups in total. The van der Waals surface area contributed by atoms with Gasteiger partial charge in [0, 0.05) is 35.9 Å². The van der Waals surface area contributed by atoms with Crippen LogP contribution >= 0.6 is 11.8 Å². The van der Waals surface area contributed by atoms with Gasteiger partial charge < -0.3 is 9.88 Å². The Labute approximate surface area is 118 Å². The van der Waals surface area contributed by atoms with Crippen LogP contribution in [-0.4, -0.2) is 16.7 Å². The second-order valence-electron chi connectivity index (χ2n) is 4.30. The fraction of sp³-hybridized carbons (Fsp3) is 0.267. The Bertz CT molecular complexity index is 523. The standard InChI is InChI=1S/C15H18N2OS/c1-19-14-7-4-6-13(12-14)16-15(18)8-5-11-17-9-2-3-10-17/h2-4,6-7,9-10,12H,5,8,11H2,1H3,(H,16,18). The number of hydrogen-bond donors (Lipinski definition) is 1. The van der Waals surface area contributed by atoms with Crippen molar-refractivity contribution >= 4 is 23.4 Å². The summed E-state index contributed by atoms with van der Waals surface area (Å²) in [6, 6.07) is 11.9. The average Bonchev–Trinajstić information content (AvgIpc) is 2.92. The molecule has 19 heavy (non-hydrogen) atoms. The second kappa shape index (κ2) is 7.04. The number of hydrogen-bond acceptors (Lipinski definition) is 2. The van der Waals surface area contributed by atoms with Gasteiger partial charge in [-0.2, -0.15) is 0 Å². The van der Waals surface area contributed by atoms with E-state index in [-0.39, 0.29) is 5.91 Å². The molecule has 0 fully saturated rings. The lowest BCUT2D eigenvalue weighted by Crippen LogP contribution is -2.12. The summed E-state index contributed by atoms with van der Waals surface area (Å²) in [5.74, 6) is 0.0745. The highest BCUT2D eigenvalue weighted by atomic mass is 32.2. The van der Waals surface area contributed by atoms with Crippen molar-refractivity contribution in [2.24, 2.45) is 0 Å². The maximum absolute atomic E-state index is 11.8. The Morgan fingerprint density at radius 3 is 2.79 bits per heavy atom. The molecule has 1 amide bonds. The van der Waals surface area contributed by atoms with Crippen molar-refractivity contribution < 1.29 is 4.79 Å². The van der Waals surface area contributed by atoms with E-state index >= 15 is 0 Å². The highest BCUT2D eigenvalue weighted by molar-refractivity contribution is 7.98. The molecular weight excluding hydrogens is 256 g/mol. The highest BCUT2D eigenvalue weighted by Crippen LogP contribution is 2.19. The predicted molar refractivity (Wildman–Crippen MR) is 80.5 cm³/mol. The van der Waals surface area contributed by atoms with Crippen LogP contribution in [-0.2, 0) is 11.3 Å². The lowest BCUT2D eigenvalue weighted by molar-refractivity contribution is -0.116. The molecule has 1 aromatic heterocycles. The lowest BCUT2D eigenvalue weighted by Gasteiger charge is -2.07. The Morgan fingerprint density at radius 2 is 2.05 bits per heavy atom. The number of carbonyl (C=O) groups is 1. The van der Waals surface area contributed by atoms with Crippen molar-refractivity contribution in [2.45, 2.75) is 24.3 Å². The molecule has 2 rings (SSSR count). The molecule has 2 aromatic rings. The van der Waals surface area contributed by atoms with E-state index in [4.69, 9.17) is 0 Å². The first-order valence-electron chi connectivity index (χ1n) is 6.32. The van der Waals surface area contributed by atoms with Crippen molar-refractivity contribution in [2.75, 3.05) is 11.6 Å². The molecule has 0 spiro atoms. The molecule has 0 aliphatic heterocycles. The van der Waals surface area contributed by atoms with Gasteiger partial charge in [0.15, 0.2) is 0 Å². The van der Waals surface area contributed by atoms with Gasteiger partial charge in [0.1, 0.15) is 0 Å². The number of carbonyl (C=O) groups excluding carboxylic acids is 1. The van der Waals surface area contributed by atoms with Crippen LogP contribution in [0.4, 0.5) is 5.69 Å². The van der Waals surface area contributed by atoms with Crippen molar-refractivity contribution in [1.29, 1.82) is 0 Å². The maximum atomic E-state index is 11.8. The van der Waals surface area contributed by atoms with E-state index in [2.05, 4.69) is 9.88 Å². The van der Waals surface area contributed by atoms with Gasteiger partial charge in [-0.1, -0.05) is 6.07 Å². The van der Waals surface area contributed by atoms with Gasteiger partial charge in [0.05, 0.1) is 0 Å². The second-order valence-corrected chi connectivity index (χ2v) is 5.18. The number of thioether (sulfide) groups is 1. The molecule has 0 aliphatic carbocycles. The van der Waals surface area contributed by atoms with Crippen molar-refractivity contribution in [3.8, 4) is 0 Å². The third-order valence-electron chi connectivity index (χ3n) is 2.84. The first-order chi connectivity index (χ1) is 9.28. The molecule has 1 aromatic carbocycles. The zero-order valence-corrected chi connectivity index (χ0v) is 11.8. The topological polar surface area (TPSA) is 34.0 Å². The van der Waals surface area contributed by atoms with Crippen LogP contribution in [0.1, 0.15) is 12.8 Å². The molecule has 0 atom stereocenters. The minimum absolute atomic E-state index is 0.0745. The summed E-state index contributed by atoms with van der Waals surface area (Å²) in [6.45, 7) is 0.880. The molecule has 1 heterocycles. The number of anilines is 1. The predicted octanol–water partition coefficient (Wildman–Crippen LogP) is 3.63. The van der Waals surface area contributed by atoms with E-state index in [1.54, 1.807) is 11.8 Å². The summed E-state index contributed by atoms with van der Waals surface area (Å²) < 4.78 is 2.08. The highest BCUT2D eigenvalue weighted by Gasteiger charge is 2.03. The fourth-order valence-electron chi connectivity index (χ4n) is 1.87. The number of nitrogens with zero attached hydrogens (tertiary/aromatic N) is 1. The van der Waals surface area contributed by atoms with Crippen LogP contribution in [0.25, 0.3) is 0 Å². The minimum atomic E-state index is 0.0745. The molecule has 100 valence electrons. The van der Waals surface area contributed by atoms with Crippen LogP contribution in [0.15, 0.2) is 53.7 Å². The Morgan fingerprint density at radius 1 is 1.26 bits per heavy atom. The summed E-state index contributed by atoms with van der Waals surface area (Å²) in [6.07, 6.45) is 7.45. The van der Waals surface area contributed by atoms with Crippen LogP contribution < -0.4 is 5.32 Å². The van der Waals surface area contributed by atoms with Gasteiger partial charge in [0.25, 0.3) is 0 Å². The molecule has 0 bridgehead atoms. The summed E-state index contributed by atoms with van der Waals surface area (Å²) >= 11 is 1.67. The first-order valence-corrected chi connectivity index (χ1v) is 7.55. The molecule has 0 radical (unpaired) electrons. The molecular formula is C15H18N2OS. The smallest absolute Gasteiger partial charge is 0.224 e. The third kappa shape index (κ3) is 4.48. The molecule has 0 unspecified atom stereocenters. The molecule has 3 nitrogen and oxygen atoms in total. The molecule has 0 saturated carbocycles. The minimum Gasteiger partial charge on any atom is -0.354 e. The van der Waals surface area contributed by atoms with E-state index in [0.717, 1.165) is 23.5 Å². The molecule has 0 saturated heterocycles. The summed E-state index contributed by atoms with van der Waals surface area (Å²) in [7, 11) is 0. The van der Waals surface area contributed by atoms with Crippen LogP contribution in [0.5, 0.6) is 0 Å². The monoisotopic (exact) mass is 274 g/mol. The van der Waals surface area contributed by atoms with E-state index in [1.807, 2.05) is 55.0 Å². The van der Waals surface area contributed by atoms with Gasteiger partial charge in [0.2, 0.25) is 5.91 Å². The SMILES string of the molecule is CSc1cccc(NC(=O)CCCn2cccc2)c1. The van der Waals surface area contributed by atoms with Gasteiger partial charge in [-0.25, -0.2) is 0 Å². The van der Waals surface area contributed by atoms with E-state index in [9.17, 15) is 4.79 Å². The largest absolute Gasteiger partial charge is 0.354 e. The average molecular weight is 274 g/mol.